The summed E-state index contributed by atoms with van der Waals surface area (Å²) in [6.45, 7) is 10.1. The molecule has 1 fully saturated rings. The number of Topliss-reactive ketones (excluding diaryl/α,β-unsaturated/α-hetero) is 1. The van der Waals surface area contributed by atoms with Crippen molar-refractivity contribution in [2.24, 2.45) is 5.73 Å². The summed E-state index contributed by atoms with van der Waals surface area (Å²) >= 11 is 0. The third-order valence-corrected chi connectivity index (χ3v) is 8.65. The molecule has 1 unspecified atom stereocenters. The number of nitrogens with zero attached hydrogens (tertiary/aromatic N) is 6. The number of piperazine rings is 1. The number of ketones is 1. The molecule has 0 bridgehead atoms. The number of rotatable bonds is 8. The van der Waals surface area contributed by atoms with Crippen molar-refractivity contribution in [2.75, 3.05) is 48.3 Å². The zero-order chi connectivity index (χ0) is 28.6. The topological polar surface area (TPSA) is 104 Å². The summed E-state index contributed by atoms with van der Waals surface area (Å²) in [6.07, 6.45) is 8.82. The Morgan fingerprint density at radius 1 is 1.12 bits per heavy atom. The number of unbranched alkanes of at least 4 members (excludes halogenated alkanes) is 1. The summed E-state index contributed by atoms with van der Waals surface area (Å²) in [6, 6.07) is 12.1. The number of aryl methyl sites for hydroxylation is 1. The molecule has 2 aliphatic heterocycles. The third kappa shape index (κ3) is 5.44. The molecule has 9 nitrogen and oxygen atoms in total. The van der Waals surface area contributed by atoms with Crippen molar-refractivity contribution in [3.05, 3.63) is 72.1 Å². The summed E-state index contributed by atoms with van der Waals surface area (Å²) < 4.78 is 0. The molecule has 41 heavy (non-hydrogen) atoms. The van der Waals surface area contributed by atoms with Gasteiger partial charge in [-0.05, 0) is 88.4 Å². The second-order valence-electron chi connectivity index (χ2n) is 11.8. The number of nitrogens with two attached hydrogens (primary N) is 1. The molecule has 0 radical (unpaired) electrons. The van der Waals surface area contributed by atoms with Crippen molar-refractivity contribution in [3.8, 4) is 0 Å². The predicted molar refractivity (Wildman–Crippen MR) is 164 cm³/mol. The summed E-state index contributed by atoms with van der Waals surface area (Å²) in [5.74, 6) is 1.77. The lowest BCUT2D eigenvalue weighted by Gasteiger charge is -2.34. The largest absolute Gasteiger partial charge is 0.369 e. The second kappa shape index (κ2) is 11.2. The van der Waals surface area contributed by atoms with Gasteiger partial charge in [-0.2, -0.15) is 4.98 Å². The molecule has 9 heteroatoms. The molecule has 0 spiro atoms. The van der Waals surface area contributed by atoms with E-state index in [9.17, 15) is 4.79 Å². The highest BCUT2D eigenvalue weighted by Crippen LogP contribution is 2.40. The molecule has 0 amide bonds. The van der Waals surface area contributed by atoms with E-state index in [2.05, 4.69) is 64.1 Å². The minimum Gasteiger partial charge on any atom is -0.369 e. The summed E-state index contributed by atoms with van der Waals surface area (Å²) in [7, 11) is 2.16. The molecule has 3 aromatic rings. The number of pyridine rings is 1. The maximum absolute atomic E-state index is 13.6. The van der Waals surface area contributed by atoms with Crippen molar-refractivity contribution in [3.63, 3.8) is 0 Å². The zero-order valence-corrected chi connectivity index (χ0v) is 24.1. The van der Waals surface area contributed by atoms with Gasteiger partial charge in [0, 0.05) is 43.8 Å². The quantitative estimate of drug-likeness (QED) is 0.297. The Kier molecular flexibility index (Phi) is 7.48. The van der Waals surface area contributed by atoms with Gasteiger partial charge in [-0.1, -0.05) is 12.1 Å². The Labute approximate surface area is 242 Å². The van der Waals surface area contributed by atoms with Gasteiger partial charge in [0.15, 0.2) is 11.6 Å². The van der Waals surface area contributed by atoms with E-state index in [1.54, 1.807) is 6.20 Å². The van der Waals surface area contributed by atoms with Gasteiger partial charge in [-0.25, -0.2) is 9.97 Å². The fraction of sp³-hybridized carbons (Fsp3) is 0.438. The van der Waals surface area contributed by atoms with Crippen LogP contribution in [0.2, 0.25) is 0 Å². The van der Waals surface area contributed by atoms with E-state index >= 15 is 0 Å². The minimum absolute atomic E-state index is 0.0298. The number of anilines is 5. The molecule has 1 aromatic carbocycles. The number of fused-ring (bicyclic) bond motifs is 2. The number of hydrogen-bond donors (Lipinski definition) is 2. The van der Waals surface area contributed by atoms with Gasteiger partial charge in [-0.15, -0.1) is 6.58 Å². The van der Waals surface area contributed by atoms with E-state index in [1.165, 1.54) is 11.3 Å². The molecule has 214 valence electrons. The number of hydrogen-bond acceptors (Lipinski definition) is 9. The maximum Gasteiger partial charge on any atom is 0.229 e. The molecule has 2 aromatic heterocycles. The standard InChI is InChI=1S/C32H40N8O/c1-4-5-6-9-26-28(41)25-21-34-31(35-23-11-13-24(14-12-23)39-19-17-38(3)18-20-39)37-30(25)40(26)27-15-10-22-8-7-16-32(2,33)29(22)36-27/h4,10-15,21,26H,1,5-9,16-20,33H2,2-3H3,(H,34,35,37)/t26-,32?/m1/s1. The lowest BCUT2D eigenvalue weighted by atomic mass is 9.82. The molecule has 0 saturated carbocycles. The van der Waals surface area contributed by atoms with Crippen molar-refractivity contribution < 1.29 is 4.79 Å². The van der Waals surface area contributed by atoms with Crippen LogP contribution < -0.4 is 20.9 Å². The van der Waals surface area contributed by atoms with Crippen LogP contribution in [-0.2, 0) is 12.0 Å². The monoisotopic (exact) mass is 552 g/mol. The van der Waals surface area contributed by atoms with E-state index in [-0.39, 0.29) is 5.78 Å². The van der Waals surface area contributed by atoms with E-state index in [1.807, 2.05) is 24.0 Å². The van der Waals surface area contributed by atoms with Gasteiger partial charge in [0.1, 0.15) is 11.9 Å². The minimum atomic E-state index is -0.497. The van der Waals surface area contributed by atoms with Crippen LogP contribution in [0.1, 0.15) is 60.6 Å². The van der Waals surface area contributed by atoms with Crippen LogP contribution >= 0.6 is 0 Å². The first-order valence-electron chi connectivity index (χ1n) is 14.8. The van der Waals surface area contributed by atoms with E-state index < -0.39 is 11.6 Å². The summed E-state index contributed by atoms with van der Waals surface area (Å²) in [5.41, 5.74) is 10.9. The van der Waals surface area contributed by atoms with Crippen molar-refractivity contribution in [2.45, 2.75) is 57.0 Å². The normalized spacial score (nSPS) is 22.4. The Hall–Kier alpha value is -3.82. The smallest absolute Gasteiger partial charge is 0.229 e. The average Bonchev–Trinajstić information content (AvgIpc) is 3.24. The number of benzene rings is 1. The van der Waals surface area contributed by atoms with E-state index in [0.717, 1.165) is 69.7 Å². The van der Waals surface area contributed by atoms with Crippen LogP contribution in [0.5, 0.6) is 0 Å². The number of carbonyl (C=O) groups excluding carboxylic acids is 1. The van der Waals surface area contributed by atoms with Crippen molar-refractivity contribution in [1.29, 1.82) is 0 Å². The highest BCUT2D eigenvalue weighted by atomic mass is 16.1. The van der Waals surface area contributed by atoms with Gasteiger partial charge in [0.05, 0.1) is 16.8 Å². The highest BCUT2D eigenvalue weighted by molar-refractivity contribution is 6.11. The van der Waals surface area contributed by atoms with Crippen molar-refractivity contribution >= 4 is 34.7 Å². The molecule has 1 saturated heterocycles. The third-order valence-electron chi connectivity index (χ3n) is 8.65. The lowest BCUT2D eigenvalue weighted by molar-refractivity contribution is 0.0968. The second-order valence-corrected chi connectivity index (χ2v) is 11.8. The van der Waals surface area contributed by atoms with Gasteiger partial charge in [0.2, 0.25) is 5.95 Å². The van der Waals surface area contributed by atoms with Crippen LogP contribution in [0.4, 0.5) is 29.0 Å². The van der Waals surface area contributed by atoms with E-state index in [4.69, 9.17) is 15.7 Å². The number of nitrogens with one attached hydrogen (secondary N) is 1. The van der Waals surface area contributed by atoms with Crippen molar-refractivity contribution in [1.82, 2.24) is 19.9 Å². The lowest BCUT2D eigenvalue weighted by Crippen LogP contribution is -2.44. The number of aromatic nitrogens is 3. The van der Waals surface area contributed by atoms with Gasteiger partial charge in [0.25, 0.3) is 0 Å². The molecule has 6 rings (SSSR count). The first kappa shape index (κ1) is 27.4. The SMILES string of the molecule is C=CCCC[C@@H]1C(=O)c2cnc(Nc3ccc(N4CCN(C)CC4)cc3)nc2N1c1ccc2c(n1)C(C)(N)CCC2. The highest BCUT2D eigenvalue weighted by Gasteiger charge is 2.41. The van der Waals surface area contributed by atoms with E-state index in [0.29, 0.717) is 29.6 Å². The van der Waals surface area contributed by atoms with Crippen LogP contribution in [0.3, 0.4) is 0 Å². The predicted octanol–water partition coefficient (Wildman–Crippen LogP) is 4.94. The molecular weight excluding hydrogens is 512 g/mol. The number of allylic oxidation sites excluding steroid dienone is 1. The molecule has 1 aliphatic carbocycles. The molecule has 3 N–H and O–H groups in total. The van der Waals surface area contributed by atoms with Crippen LogP contribution in [0, 0.1) is 0 Å². The Bertz CT molecular complexity index is 1430. The van der Waals surface area contributed by atoms with Gasteiger partial charge >= 0.3 is 0 Å². The fourth-order valence-corrected chi connectivity index (χ4v) is 6.24. The van der Waals surface area contributed by atoms with Crippen LogP contribution in [0.25, 0.3) is 0 Å². The number of likely N-dealkylation sites (N-methyl/N-ethyl adjacent to an activating group) is 1. The fourth-order valence-electron chi connectivity index (χ4n) is 6.24. The zero-order valence-electron chi connectivity index (χ0n) is 24.1. The first-order valence-corrected chi connectivity index (χ1v) is 14.8. The van der Waals surface area contributed by atoms with Gasteiger partial charge < -0.3 is 20.9 Å². The van der Waals surface area contributed by atoms with Crippen LogP contribution in [0.15, 0.2) is 55.3 Å². The first-order chi connectivity index (χ1) is 19.8. The molecule has 2 atom stereocenters. The summed E-state index contributed by atoms with van der Waals surface area (Å²) in [4.78, 5) is 34.9. The summed E-state index contributed by atoms with van der Waals surface area (Å²) in [5, 5.41) is 3.35. The Morgan fingerprint density at radius 3 is 2.66 bits per heavy atom. The van der Waals surface area contributed by atoms with Crippen LogP contribution in [-0.4, -0.2) is 64.9 Å². The molecular formula is C32H40N8O. The Balaban J connectivity index is 1.30. The Morgan fingerprint density at radius 2 is 1.90 bits per heavy atom. The molecule has 3 aliphatic rings. The van der Waals surface area contributed by atoms with Gasteiger partial charge in [-0.3, -0.25) is 9.69 Å². The molecule has 4 heterocycles. The maximum atomic E-state index is 13.6. The average molecular weight is 553 g/mol. The number of carbonyl (C=O) groups is 1.